The van der Waals surface area contributed by atoms with Gasteiger partial charge in [-0.05, 0) is 43.2 Å². The molecule has 3 rings (SSSR count). The van der Waals surface area contributed by atoms with E-state index in [2.05, 4.69) is 23.5 Å². The minimum atomic E-state index is 0.585. The zero-order valence-electron chi connectivity index (χ0n) is 11.7. The normalized spacial score (nSPS) is 20.5. The molecule has 1 aromatic carbocycles. The number of hydrogen-bond donors (Lipinski definition) is 1. The van der Waals surface area contributed by atoms with Crippen LogP contribution in [0.2, 0.25) is 0 Å². The van der Waals surface area contributed by atoms with Crippen molar-refractivity contribution in [3.05, 3.63) is 29.3 Å². The summed E-state index contributed by atoms with van der Waals surface area (Å²) in [5.41, 5.74) is 2.70. The quantitative estimate of drug-likeness (QED) is 0.884. The fraction of sp³-hybridized carbons (Fsp3) is 0.625. The van der Waals surface area contributed by atoms with Crippen LogP contribution in [-0.4, -0.2) is 26.4 Å². The van der Waals surface area contributed by atoms with Crippen molar-refractivity contribution in [3.63, 3.8) is 0 Å². The van der Waals surface area contributed by atoms with Gasteiger partial charge in [-0.1, -0.05) is 12.1 Å². The molecule has 0 spiro atoms. The minimum absolute atomic E-state index is 0.585. The maximum Gasteiger partial charge on any atom is 0.123 e. The SMILES string of the molecule is COc1cc(C2CC2)ccc1CNC1CCOCC1. The van der Waals surface area contributed by atoms with E-state index < -0.39 is 0 Å². The van der Waals surface area contributed by atoms with Gasteiger partial charge in [-0.15, -0.1) is 0 Å². The van der Waals surface area contributed by atoms with Gasteiger partial charge in [-0.25, -0.2) is 0 Å². The van der Waals surface area contributed by atoms with Crippen LogP contribution in [0.1, 0.15) is 42.7 Å². The van der Waals surface area contributed by atoms with Crippen molar-refractivity contribution in [3.8, 4) is 5.75 Å². The van der Waals surface area contributed by atoms with E-state index in [1.54, 1.807) is 7.11 Å². The first kappa shape index (κ1) is 12.9. The molecule has 0 unspecified atom stereocenters. The van der Waals surface area contributed by atoms with E-state index in [1.807, 2.05) is 0 Å². The van der Waals surface area contributed by atoms with E-state index in [-0.39, 0.29) is 0 Å². The fourth-order valence-corrected chi connectivity index (χ4v) is 2.73. The van der Waals surface area contributed by atoms with Crippen molar-refractivity contribution in [2.45, 2.75) is 44.2 Å². The van der Waals surface area contributed by atoms with Gasteiger partial charge < -0.3 is 14.8 Å². The summed E-state index contributed by atoms with van der Waals surface area (Å²) in [6, 6.07) is 7.29. The number of rotatable bonds is 5. The Labute approximate surface area is 115 Å². The average Bonchev–Trinajstić information content (AvgIpc) is 3.30. The van der Waals surface area contributed by atoms with Crippen molar-refractivity contribution in [1.82, 2.24) is 5.32 Å². The van der Waals surface area contributed by atoms with Gasteiger partial charge in [0.15, 0.2) is 0 Å². The van der Waals surface area contributed by atoms with E-state index in [0.29, 0.717) is 6.04 Å². The third-order valence-corrected chi connectivity index (χ3v) is 4.16. The summed E-state index contributed by atoms with van der Waals surface area (Å²) in [7, 11) is 1.77. The molecule has 2 aliphatic rings. The Kier molecular flexibility index (Phi) is 4.04. The van der Waals surface area contributed by atoms with Gasteiger partial charge >= 0.3 is 0 Å². The van der Waals surface area contributed by atoms with Gasteiger partial charge in [0.1, 0.15) is 5.75 Å². The Morgan fingerprint density at radius 1 is 1.21 bits per heavy atom. The lowest BCUT2D eigenvalue weighted by Crippen LogP contribution is -2.34. The molecule has 1 aromatic rings. The second-order valence-electron chi connectivity index (χ2n) is 5.61. The Morgan fingerprint density at radius 2 is 2.00 bits per heavy atom. The highest BCUT2D eigenvalue weighted by molar-refractivity contribution is 5.40. The number of ether oxygens (including phenoxy) is 2. The summed E-state index contributed by atoms with van der Waals surface area (Å²) in [6.07, 6.45) is 4.90. The van der Waals surface area contributed by atoms with Gasteiger partial charge in [-0.2, -0.15) is 0 Å². The Balaban J connectivity index is 1.62. The van der Waals surface area contributed by atoms with Crippen LogP contribution in [0.15, 0.2) is 18.2 Å². The molecule has 3 nitrogen and oxygen atoms in total. The summed E-state index contributed by atoms with van der Waals surface area (Å²) in [4.78, 5) is 0. The van der Waals surface area contributed by atoms with Crippen LogP contribution in [0.5, 0.6) is 5.75 Å². The Morgan fingerprint density at radius 3 is 2.68 bits per heavy atom. The summed E-state index contributed by atoms with van der Waals surface area (Å²) in [5, 5.41) is 3.62. The zero-order chi connectivity index (χ0) is 13.1. The molecule has 1 saturated heterocycles. The number of hydrogen-bond acceptors (Lipinski definition) is 3. The van der Waals surface area contributed by atoms with Crippen molar-refractivity contribution in [2.24, 2.45) is 0 Å². The van der Waals surface area contributed by atoms with Gasteiger partial charge in [0, 0.05) is 31.4 Å². The van der Waals surface area contributed by atoms with E-state index in [4.69, 9.17) is 9.47 Å². The highest BCUT2D eigenvalue weighted by Gasteiger charge is 2.24. The molecule has 1 heterocycles. The Hall–Kier alpha value is -1.06. The lowest BCUT2D eigenvalue weighted by Gasteiger charge is -2.23. The van der Waals surface area contributed by atoms with E-state index >= 15 is 0 Å². The average molecular weight is 261 g/mol. The summed E-state index contributed by atoms with van der Waals surface area (Å²) < 4.78 is 10.9. The van der Waals surface area contributed by atoms with Crippen LogP contribution in [0.4, 0.5) is 0 Å². The smallest absolute Gasteiger partial charge is 0.123 e. The first-order valence-corrected chi connectivity index (χ1v) is 7.35. The second-order valence-corrected chi connectivity index (χ2v) is 5.61. The van der Waals surface area contributed by atoms with Crippen molar-refractivity contribution >= 4 is 0 Å². The molecule has 1 aliphatic carbocycles. The zero-order valence-corrected chi connectivity index (χ0v) is 11.7. The molecule has 104 valence electrons. The first-order valence-electron chi connectivity index (χ1n) is 7.35. The van der Waals surface area contributed by atoms with Crippen LogP contribution in [0, 0.1) is 0 Å². The van der Waals surface area contributed by atoms with E-state index in [0.717, 1.165) is 44.3 Å². The van der Waals surface area contributed by atoms with Gasteiger partial charge in [-0.3, -0.25) is 0 Å². The largest absolute Gasteiger partial charge is 0.496 e. The molecule has 3 heteroatoms. The van der Waals surface area contributed by atoms with Crippen LogP contribution in [-0.2, 0) is 11.3 Å². The van der Waals surface area contributed by atoms with Gasteiger partial charge in [0.25, 0.3) is 0 Å². The molecule has 1 saturated carbocycles. The highest BCUT2D eigenvalue weighted by Crippen LogP contribution is 2.41. The molecule has 0 radical (unpaired) electrons. The number of benzene rings is 1. The molecular formula is C16H23NO2. The van der Waals surface area contributed by atoms with Gasteiger partial charge in [0.2, 0.25) is 0 Å². The molecule has 0 bridgehead atoms. The maximum atomic E-state index is 5.54. The predicted octanol–water partition coefficient (Wildman–Crippen LogP) is 2.84. The molecule has 1 aliphatic heterocycles. The topological polar surface area (TPSA) is 30.5 Å². The summed E-state index contributed by atoms with van der Waals surface area (Å²) in [5.74, 6) is 1.82. The third kappa shape index (κ3) is 3.28. The Bertz CT molecular complexity index is 423. The maximum absolute atomic E-state index is 5.54. The lowest BCUT2D eigenvalue weighted by molar-refractivity contribution is 0.0775. The predicted molar refractivity (Wildman–Crippen MR) is 75.6 cm³/mol. The molecule has 0 aromatic heterocycles. The highest BCUT2D eigenvalue weighted by atomic mass is 16.5. The second kappa shape index (κ2) is 5.93. The van der Waals surface area contributed by atoms with Gasteiger partial charge in [0.05, 0.1) is 7.11 Å². The molecule has 1 N–H and O–H groups in total. The number of methoxy groups -OCH3 is 1. The molecule has 19 heavy (non-hydrogen) atoms. The number of nitrogens with one attached hydrogen (secondary N) is 1. The van der Waals surface area contributed by atoms with E-state index in [1.165, 1.54) is 24.0 Å². The molecule has 0 amide bonds. The molecule has 0 atom stereocenters. The van der Waals surface area contributed by atoms with Crippen molar-refractivity contribution in [2.75, 3.05) is 20.3 Å². The third-order valence-electron chi connectivity index (χ3n) is 4.16. The summed E-state index contributed by atoms with van der Waals surface area (Å²) >= 11 is 0. The standard InChI is InChI=1S/C16H23NO2/c1-18-16-10-13(12-2-3-12)4-5-14(16)11-17-15-6-8-19-9-7-15/h4-5,10,12,15,17H,2-3,6-9,11H2,1H3. The minimum Gasteiger partial charge on any atom is -0.496 e. The summed E-state index contributed by atoms with van der Waals surface area (Å²) in [6.45, 7) is 2.66. The lowest BCUT2D eigenvalue weighted by atomic mass is 10.1. The fourth-order valence-electron chi connectivity index (χ4n) is 2.73. The first-order chi connectivity index (χ1) is 9.36. The monoisotopic (exact) mass is 261 g/mol. The van der Waals surface area contributed by atoms with Crippen molar-refractivity contribution in [1.29, 1.82) is 0 Å². The van der Waals surface area contributed by atoms with E-state index in [9.17, 15) is 0 Å². The van der Waals surface area contributed by atoms with Crippen molar-refractivity contribution < 1.29 is 9.47 Å². The van der Waals surface area contributed by atoms with Crippen LogP contribution < -0.4 is 10.1 Å². The molecular weight excluding hydrogens is 238 g/mol. The molecule has 2 fully saturated rings. The van der Waals surface area contributed by atoms with Crippen LogP contribution >= 0.6 is 0 Å². The van der Waals surface area contributed by atoms with Crippen LogP contribution in [0.3, 0.4) is 0 Å². The van der Waals surface area contributed by atoms with Crippen LogP contribution in [0.25, 0.3) is 0 Å².